The number of rotatable bonds is 3. The van der Waals surface area contributed by atoms with Crippen LogP contribution in [0.5, 0.6) is 0 Å². The van der Waals surface area contributed by atoms with Gasteiger partial charge in [0.2, 0.25) is 0 Å². The van der Waals surface area contributed by atoms with Crippen LogP contribution in [0, 0.1) is 5.41 Å². The summed E-state index contributed by atoms with van der Waals surface area (Å²) in [7, 11) is 0. The monoisotopic (exact) mass is 261 g/mol. The van der Waals surface area contributed by atoms with Crippen LogP contribution >= 0.6 is 0 Å². The van der Waals surface area contributed by atoms with Crippen LogP contribution in [0.2, 0.25) is 0 Å². The van der Waals surface area contributed by atoms with Crippen molar-refractivity contribution < 1.29 is 4.79 Å². The predicted molar refractivity (Wildman–Crippen MR) is 79.3 cm³/mol. The van der Waals surface area contributed by atoms with Crippen molar-refractivity contribution in [3.8, 4) is 0 Å². The first-order valence-electron chi connectivity index (χ1n) is 6.88. The minimum atomic E-state index is -0.531. The molecule has 0 radical (unpaired) electrons. The van der Waals surface area contributed by atoms with Crippen molar-refractivity contribution in [2.75, 3.05) is 10.6 Å². The topological polar surface area (TPSA) is 67.2 Å². The molecular weight excluding hydrogens is 238 g/mol. The van der Waals surface area contributed by atoms with Crippen LogP contribution in [0.15, 0.2) is 24.3 Å². The van der Waals surface area contributed by atoms with Gasteiger partial charge in [0.15, 0.2) is 0 Å². The highest BCUT2D eigenvalue weighted by atomic mass is 16.2. The maximum Gasteiger partial charge on any atom is 0.316 e. The molecule has 0 spiro atoms. The molecule has 2 rings (SSSR count). The average Bonchev–Trinajstić information content (AvgIpc) is 2.32. The van der Waals surface area contributed by atoms with E-state index in [0.29, 0.717) is 11.5 Å². The van der Waals surface area contributed by atoms with E-state index in [-0.39, 0.29) is 0 Å². The summed E-state index contributed by atoms with van der Waals surface area (Å²) in [5, 5.41) is 6.13. The summed E-state index contributed by atoms with van der Waals surface area (Å²) < 4.78 is 0. The number of hydrogen-bond acceptors (Lipinski definition) is 2. The van der Waals surface area contributed by atoms with Crippen LogP contribution in [-0.2, 0) is 0 Å². The zero-order chi connectivity index (χ0) is 13.9. The van der Waals surface area contributed by atoms with Gasteiger partial charge in [0.25, 0.3) is 0 Å². The molecule has 0 saturated heterocycles. The molecular formula is C15H23N3O. The Morgan fingerprint density at radius 2 is 1.89 bits per heavy atom. The molecule has 1 saturated carbocycles. The highest BCUT2D eigenvalue weighted by Gasteiger charge is 2.26. The Balaban J connectivity index is 1.94. The Kier molecular flexibility index (Phi) is 3.98. The molecule has 0 atom stereocenters. The van der Waals surface area contributed by atoms with Crippen molar-refractivity contribution in [3.63, 3.8) is 0 Å². The van der Waals surface area contributed by atoms with E-state index in [4.69, 9.17) is 5.73 Å². The van der Waals surface area contributed by atoms with Crippen molar-refractivity contribution in [1.29, 1.82) is 0 Å². The molecule has 1 fully saturated rings. The minimum Gasteiger partial charge on any atom is -0.382 e. The molecule has 0 bridgehead atoms. The largest absolute Gasteiger partial charge is 0.382 e. The molecule has 2 amide bonds. The van der Waals surface area contributed by atoms with Gasteiger partial charge in [-0.15, -0.1) is 0 Å². The lowest BCUT2D eigenvalue weighted by molar-refractivity contribution is 0.232. The van der Waals surface area contributed by atoms with E-state index in [1.807, 2.05) is 24.3 Å². The van der Waals surface area contributed by atoms with E-state index in [2.05, 4.69) is 24.5 Å². The smallest absolute Gasteiger partial charge is 0.316 e. The number of carbonyl (C=O) groups excluding carboxylic acids is 1. The van der Waals surface area contributed by atoms with E-state index >= 15 is 0 Å². The van der Waals surface area contributed by atoms with Gasteiger partial charge < -0.3 is 16.4 Å². The van der Waals surface area contributed by atoms with E-state index in [1.54, 1.807) is 0 Å². The molecule has 19 heavy (non-hydrogen) atoms. The van der Waals surface area contributed by atoms with Gasteiger partial charge >= 0.3 is 6.03 Å². The number of carbonyl (C=O) groups is 1. The summed E-state index contributed by atoms with van der Waals surface area (Å²) in [4.78, 5) is 10.8. The van der Waals surface area contributed by atoms with Crippen molar-refractivity contribution in [2.24, 2.45) is 11.1 Å². The van der Waals surface area contributed by atoms with Crippen LogP contribution < -0.4 is 16.4 Å². The zero-order valence-corrected chi connectivity index (χ0v) is 11.7. The minimum absolute atomic E-state index is 0.480. The van der Waals surface area contributed by atoms with Gasteiger partial charge in [0, 0.05) is 17.4 Å². The van der Waals surface area contributed by atoms with Crippen LogP contribution in [0.1, 0.15) is 39.5 Å². The molecule has 4 nitrogen and oxygen atoms in total. The summed E-state index contributed by atoms with van der Waals surface area (Å²) in [6.07, 6.45) is 4.90. The van der Waals surface area contributed by atoms with Crippen LogP contribution in [0.4, 0.5) is 16.2 Å². The van der Waals surface area contributed by atoms with Crippen LogP contribution in [0.25, 0.3) is 0 Å². The summed E-state index contributed by atoms with van der Waals surface area (Å²) in [6, 6.07) is 7.69. The molecule has 0 unspecified atom stereocenters. The van der Waals surface area contributed by atoms with Crippen molar-refractivity contribution in [3.05, 3.63) is 24.3 Å². The number of primary amides is 1. The second-order valence-corrected chi connectivity index (χ2v) is 6.15. The summed E-state index contributed by atoms with van der Waals surface area (Å²) >= 11 is 0. The fourth-order valence-corrected chi connectivity index (χ4v) is 2.61. The van der Waals surface area contributed by atoms with Crippen molar-refractivity contribution in [1.82, 2.24) is 0 Å². The third-order valence-electron chi connectivity index (χ3n) is 3.84. The predicted octanol–water partition coefficient (Wildman–Crippen LogP) is 3.56. The Morgan fingerprint density at radius 1 is 1.26 bits per heavy atom. The second-order valence-electron chi connectivity index (χ2n) is 6.15. The SMILES string of the molecule is CC1(C)CCC(Nc2cccc(NC(N)=O)c2)CC1. The molecule has 1 aliphatic rings. The second kappa shape index (κ2) is 5.51. The molecule has 1 aliphatic carbocycles. The average molecular weight is 261 g/mol. The Labute approximate surface area is 114 Å². The number of hydrogen-bond donors (Lipinski definition) is 3. The standard InChI is InChI=1S/C15H23N3O/c1-15(2)8-6-11(7-9-15)17-12-4-3-5-13(10-12)18-14(16)19/h3-5,10-11,17H,6-9H2,1-2H3,(H3,16,18,19). The maximum absolute atomic E-state index is 10.8. The van der Waals surface area contributed by atoms with Crippen LogP contribution in [-0.4, -0.2) is 12.1 Å². The first-order chi connectivity index (χ1) is 8.94. The molecule has 0 heterocycles. The summed E-state index contributed by atoms with van der Waals surface area (Å²) in [6.45, 7) is 4.67. The number of nitrogens with one attached hydrogen (secondary N) is 2. The Morgan fingerprint density at radius 3 is 2.53 bits per heavy atom. The van der Waals surface area contributed by atoms with E-state index in [9.17, 15) is 4.79 Å². The number of anilines is 2. The lowest BCUT2D eigenvalue weighted by Gasteiger charge is -2.35. The molecule has 1 aromatic rings. The van der Waals surface area contributed by atoms with Crippen molar-refractivity contribution in [2.45, 2.75) is 45.6 Å². The van der Waals surface area contributed by atoms with Crippen molar-refractivity contribution >= 4 is 17.4 Å². The summed E-state index contributed by atoms with van der Waals surface area (Å²) in [5.41, 5.74) is 7.37. The van der Waals surface area contributed by atoms with E-state index in [0.717, 1.165) is 11.4 Å². The fraction of sp³-hybridized carbons (Fsp3) is 0.533. The normalized spacial score (nSPS) is 18.8. The lowest BCUT2D eigenvalue weighted by atomic mass is 9.75. The van der Waals surface area contributed by atoms with E-state index in [1.165, 1.54) is 25.7 Å². The van der Waals surface area contributed by atoms with Gasteiger partial charge in [-0.3, -0.25) is 0 Å². The molecule has 4 heteroatoms. The number of urea groups is 1. The lowest BCUT2D eigenvalue weighted by Crippen LogP contribution is -2.29. The number of nitrogens with two attached hydrogens (primary N) is 1. The number of benzene rings is 1. The van der Waals surface area contributed by atoms with Gasteiger partial charge in [-0.2, -0.15) is 0 Å². The third-order valence-corrected chi connectivity index (χ3v) is 3.84. The highest BCUT2D eigenvalue weighted by molar-refractivity contribution is 5.88. The molecule has 0 aliphatic heterocycles. The Hall–Kier alpha value is -1.71. The molecule has 4 N–H and O–H groups in total. The first kappa shape index (κ1) is 13.7. The third kappa shape index (κ3) is 4.16. The number of amides is 2. The molecule has 0 aromatic heterocycles. The molecule has 1 aromatic carbocycles. The Bertz CT molecular complexity index is 446. The zero-order valence-electron chi connectivity index (χ0n) is 11.7. The quantitative estimate of drug-likeness (QED) is 0.778. The van der Waals surface area contributed by atoms with Crippen LogP contribution in [0.3, 0.4) is 0 Å². The summed E-state index contributed by atoms with van der Waals surface area (Å²) in [5.74, 6) is 0. The van der Waals surface area contributed by atoms with Gasteiger partial charge in [0.05, 0.1) is 0 Å². The maximum atomic E-state index is 10.8. The van der Waals surface area contributed by atoms with E-state index < -0.39 is 6.03 Å². The van der Waals surface area contributed by atoms with Gasteiger partial charge in [-0.05, 0) is 49.3 Å². The molecule has 104 valence electrons. The first-order valence-corrected chi connectivity index (χ1v) is 6.88. The van der Waals surface area contributed by atoms with Gasteiger partial charge in [-0.25, -0.2) is 4.79 Å². The highest BCUT2D eigenvalue weighted by Crippen LogP contribution is 2.36. The fourth-order valence-electron chi connectivity index (χ4n) is 2.61. The van der Waals surface area contributed by atoms with Gasteiger partial charge in [0.1, 0.15) is 0 Å². The van der Waals surface area contributed by atoms with Gasteiger partial charge in [-0.1, -0.05) is 19.9 Å².